The number of aryl methyl sites for hydroxylation is 1. The zero-order valence-corrected chi connectivity index (χ0v) is 20.1. The van der Waals surface area contributed by atoms with Crippen LogP contribution in [0.1, 0.15) is 52.2 Å². The Labute approximate surface area is 202 Å². The fraction of sp³-hybridized carbons (Fsp3) is 0.269. The molecule has 1 amide bonds. The summed E-state index contributed by atoms with van der Waals surface area (Å²) in [6.45, 7) is 2.80. The number of carbonyl (C=O) groups excluding carboxylic acids is 1. The molecule has 1 aliphatic carbocycles. The molecule has 1 aliphatic rings. The zero-order valence-electron chi connectivity index (χ0n) is 18.5. The molecule has 1 N–H and O–H groups in total. The molecule has 2 aromatic carbocycles. The Kier molecular flexibility index (Phi) is 6.60. The van der Waals surface area contributed by atoms with Gasteiger partial charge in [0.15, 0.2) is 5.16 Å². The highest BCUT2D eigenvalue weighted by molar-refractivity contribution is 7.99. The van der Waals surface area contributed by atoms with Gasteiger partial charge in [-0.15, -0.1) is 21.5 Å². The van der Waals surface area contributed by atoms with E-state index in [1.807, 2.05) is 29.6 Å². The van der Waals surface area contributed by atoms with Crippen LogP contribution in [0.15, 0.2) is 77.3 Å². The van der Waals surface area contributed by atoms with Gasteiger partial charge in [0, 0.05) is 10.8 Å². The quantitative estimate of drug-likeness (QED) is 0.322. The fourth-order valence-electron chi connectivity index (χ4n) is 3.83. The van der Waals surface area contributed by atoms with Crippen molar-refractivity contribution in [2.75, 3.05) is 5.75 Å². The molecule has 1 atom stereocenters. The molecule has 5 rings (SSSR count). The van der Waals surface area contributed by atoms with E-state index in [0.717, 1.165) is 40.8 Å². The molecule has 0 saturated heterocycles. The number of hydrogen-bond donors (Lipinski definition) is 1. The first-order valence-corrected chi connectivity index (χ1v) is 13.0. The maximum Gasteiger partial charge on any atom is 0.231 e. The second-order valence-corrected chi connectivity index (χ2v) is 10.3. The van der Waals surface area contributed by atoms with Crippen LogP contribution in [0.5, 0.6) is 0 Å². The Hall–Kier alpha value is -2.90. The highest BCUT2D eigenvalue weighted by Gasteiger charge is 2.30. The summed E-state index contributed by atoms with van der Waals surface area (Å²) >= 11 is 3.11. The van der Waals surface area contributed by atoms with Crippen molar-refractivity contribution in [3.8, 4) is 0 Å². The Morgan fingerprint density at radius 1 is 1.09 bits per heavy atom. The summed E-state index contributed by atoms with van der Waals surface area (Å²) < 4.78 is 2.18. The molecule has 4 aromatic rings. The van der Waals surface area contributed by atoms with Crippen LogP contribution in [0.2, 0.25) is 0 Å². The predicted octanol–water partition coefficient (Wildman–Crippen LogP) is 5.57. The number of nitrogens with zero attached hydrogens (tertiary/aromatic N) is 3. The first kappa shape index (κ1) is 21.9. The van der Waals surface area contributed by atoms with E-state index in [1.165, 1.54) is 22.9 Å². The van der Waals surface area contributed by atoms with Gasteiger partial charge in [-0.3, -0.25) is 4.79 Å². The van der Waals surface area contributed by atoms with E-state index in [-0.39, 0.29) is 11.9 Å². The average Bonchev–Trinajstić information content (AvgIpc) is 3.37. The van der Waals surface area contributed by atoms with Crippen molar-refractivity contribution in [2.24, 2.45) is 0 Å². The summed E-state index contributed by atoms with van der Waals surface area (Å²) in [5, 5.41) is 15.0. The molecular formula is C26H26N4OS2. The van der Waals surface area contributed by atoms with Crippen LogP contribution in [-0.2, 0) is 11.3 Å². The van der Waals surface area contributed by atoms with Gasteiger partial charge >= 0.3 is 0 Å². The van der Waals surface area contributed by atoms with E-state index < -0.39 is 0 Å². The maximum absolute atomic E-state index is 13.0. The smallest absolute Gasteiger partial charge is 0.231 e. The highest BCUT2D eigenvalue weighted by Crippen LogP contribution is 2.40. The molecule has 0 spiro atoms. The number of rotatable bonds is 9. The predicted molar refractivity (Wildman–Crippen MR) is 134 cm³/mol. The SMILES string of the molecule is Cc1ccc(C(NC(=O)CSc2nnc(C3CC3)n2Cc2ccccc2)c2cccs2)cc1. The Bertz CT molecular complexity index is 1200. The van der Waals surface area contributed by atoms with Gasteiger partial charge in [0.1, 0.15) is 5.82 Å². The highest BCUT2D eigenvalue weighted by atomic mass is 32.2. The Morgan fingerprint density at radius 2 is 1.88 bits per heavy atom. The largest absolute Gasteiger partial charge is 0.344 e. The van der Waals surface area contributed by atoms with Crippen LogP contribution in [0.25, 0.3) is 0 Å². The van der Waals surface area contributed by atoms with Gasteiger partial charge < -0.3 is 9.88 Å². The van der Waals surface area contributed by atoms with Gasteiger partial charge in [0.25, 0.3) is 0 Å². The molecular weight excluding hydrogens is 448 g/mol. The molecule has 33 heavy (non-hydrogen) atoms. The molecule has 1 fully saturated rings. The second-order valence-electron chi connectivity index (χ2n) is 8.40. The summed E-state index contributed by atoms with van der Waals surface area (Å²) in [6, 6.07) is 22.6. The minimum absolute atomic E-state index is 0.0128. The average molecular weight is 475 g/mol. The lowest BCUT2D eigenvalue weighted by atomic mass is 10.0. The van der Waals surface area contributed by atoms with E-state index in [0.29, 0.717) is 11.7 Å². The van der Waals surface area contributed by atoms with Gasteiger partial charge in [0.05, 0.1) is 18.3 Å². The zero-order chi connectivity index (χ0) is 22.6. The first-order valence-electron chi connectivity index (χ1n) is 11.2. The molecule has 2 aromatic heterocycles. The summed E-state index contributed by atoms with van der Waals surface area (Å²) in [5.74, 6) is 1.82. The van der Waals surface area contributed by atoms with Gasteiger partial charge in [0.2, 0.25) is 5.91 Å². The van der Waals surface area contributed by atoms with E-state index >= 15 is 0 Å². The molecule has 7 heteroatoms. The van der Waals surface area contributed by atoms with E-state index in [2.05, 4.69) is 69.5 Å². The van der Waals surface area contributed by atoms with Crippen LogP contribution in [0.4, 0.5) is 0 Å². The van der Waals surface area contributed by atoms with Crippen molar-refractivity contribution >= 4 is 29.0 Å². The van der Waals surface area contributed by atoms with Crippen LogP contribution in [0, 0.1) is 6.92 Å². The van der Waals surface area contributed by atoms with Crippen molar-refractivity contribution in [3.63, 3.8) is 0 Å². The number of benzene rings is 2. The van der Waals surface area contributed by atoms with Crippen LogP contribution in [0.3, 0.4) is 0 Å². The third-order valence-electron chi connectivity index (χ3n) is 5.75. The Balaban J connectivity index is 1.30. The van der Waals surface area contributed by atoms with Gasteiger partial charge in [-0.2, -0.15) is 0 Å². The van der Waals surface area contributed by atoms with Crippen molar-refractivity contribution in [3.05, 3.63) is 99.5 Å². The molecule has 1 saturated carbocycles. The molecule has 0 bridgehead atoms. The van der Waals surface area contributed by atoms with Gasteiger partial charge in [-0.1, -0.05) is 78.0 Å². The summed E-state index contributed by atoms with van der Waals surface area (Å²) in [7, 11) is 0. The summed E-state index contributed by atoms with van der Waals surface area (Å²) in [4.78, 5) is 14.1. The van der Waals surface area contributed by atoms with Gasteiger partial charge in [-0.25, -0.2) is 0 Å². The molecule has 0 radical (unpaired) electrons. The number of carbonyl (C=O) groups is 1. The topological polar surface area (TPSA) is 59.8 Å². The number of thiophene rings is 1. The van der Waals surface area contributed by atoms with Crippen LogP contribution < -0.4 is 5.32 Å². The van der Waals surface area contributed by atoms with Crippen molar-refractivity contribution in [2.45, 2.75) is 43.4 Å². The third-order valence-corrected chi connectivity index (χ3v) is 7.65. The molecule has 5 nitrogen and oxygen atoms in total. The monoisotopic (exact) mass is 474 g/mol. The molecule has 0 aliphatic heterocycles. The fourth-order valence-corrected chi connectivity index (χ4v) is 5.39. The van der Waals surface area contributed by atoms with Crippen molar-refractivity contribution < 1.29 is 4.79 Å². The van der Waals surface area contributed by atoms with E-state index in [4.69, 9.17) is 0 Å². The lowest BCUT2D eigenvalue weighted by molar-refractivity contribution is -0.119. The lowest BCUT2D eigenvalue weighted by Crippen LogP contribution is -2.30. The van der Waals surface area contributed by atoms with Gasteiger partial charge in [-0.05, 0) is 42.3 Å². The van der Waals surface area contributed by atoms with E-state index in [1.54, 1.807) is 11.3 Å². The first-order chi connectivity index (χ1) is 16.2. The second kappa shape index (κ2) is 9.93. The number of amides is 1. The Morgan fingerprint density at radius 3 is 2.58 bits per heavy atom. The number of nitrogens with one attached hydrogen (secondary N) is 1. The summed E-state index contributed by atoms with van der Waals surface area (Å²) in [6.07, 6.45) is 2.33. The minimum Gasteiger partial charge on any atom is -0.344 e. The van der Waals surface area contributed by atoms with Crippen molar-refractivity contribution in [1.29, 1.82) is 0 Å². The maximum atomic E-state index is 13.0. The number of thioether (sulfide) groups is 1. The normalized spacial score (nSPS) is 14.2. The third kappa shape index (κ3) is 5.37. The lowest BCUT2D eigenvalue weighted by Gasteiger charge is -2.18. The molecule has 2 heterocycles. The van der Waals surface area contributed by atoms with Crippen LogP contribution >= 0.6 is 23.1 Å². The standard InChI is InChI=1S/C26H26N4OS2/c1-18-9-11-20(12-10-18)24(22-8-5-15-32-22)27-23(31)17-33-26-29-28-25(21-13-14-21)30(26)16-19-6-3-2-4-7-19/h2-12,15,21,24H,13-14,16-17H2,1H3,(H,27,31). The van der Waals surface area contributed by atoms with E-state index in [9.17, 15) is 4.79 Å². The van der Waals surface area contributed by atoms with Crippen LogP contribution in [-0.4, -0.2) is 26.4 Å². The molecule has 1 unspecified atom stereocenters. The number of hydrogen-bond acceptors (Lipinski definition) is 5. The number of aromatic nitrogens is 3. The summed E-state index contributed by atoms with van der Waals surface area (Å²) in [5.41, 5.74) is 3.50. The molecule has 168 valence electrons. The van der Waals surface area contributed by atoms with Crippen molar-refractivity contribution in [1.82, 2.24) is 20.1 Å². The minimum atomic E-state index is -0.150.